The molecule has 2 heterocycles. The fourth-order valence-electron chi connectivity index (χ4n) is 6.48. The lowest BCUT2D eigenvalue weighted by molar-refractivity contribution is -0.0295. The van der Waals surface area contributed by atoms with E-state index in [2.05, 4.69) is 74.3 Å². The van der Waals surface area contributed by atoms with E-state index in [0.29, 0.717) is 30.1 Å². The molecular weight excluding hydrogens is 649 g/mol. The Balaban J connectivity index is 1.34. The zero-order chi connectivity index (χ0) is 34.4. The lowest BCUT2D eigenvalue weighted by Gasteiger charge is -2.43. The topological polar surface area (TPSA) is 79.7 Å². The second-order valence-corrected chi connectivity index (χ2v) is 18.9. The number of thioether (sulfide) groups is 1. The Labute approximate surface area is 293 Å². The van der Waals surface area contributed by atoms with Crippen LogP contribution in [0.3, 0.4) is 0 Å². The third-order valence-corrected chi connectivity index (χ3v) is 15.3. The van der Waals surface area contributed by atoms with E-state index in [9.17, 15) is 9.59 Å². The SMILES string of the molecule is Cc1cnc(O[C@@H]2CS[C@H](CO[Si](c3ccccc3)(c3ccccc3)C(C)(C)C)[C@H]2OCc2ccccc2)n(C(=O)c2ccccc2)c1=O. The highest BCUT2D eigenvalue weighted by Gasteiger charge is 2.51. The zero-order valence-electron chi connectivity index (χ0n) is 28.3. The summed E-state index contributed by atoms with van der Waals surface area (Å²) in [6.45, 7) is 9.24. The smallest absolute Gasteiger partial charge is 0.306 e. The van der Waals surface area contributed by atoms with E-state index < -0.39 is 32.0 Å². The predicted molar refractivity (Wildman–Crippen MR) is 199 cm³/mol. The van der Waals surface area contributed by atoms with Gasteiger partial charge < -0.3 is 13.9 Å². The summed E-state index contributed by atoms with van der Waals surface area (Å²) in [7, 11) is -2.82. The molecule has 0 saturated carbocycles. The first-order valence-corrected chi connectivity index (χ1v) is 19.5. The molecule has 6 rings (SSSR count). The quantitative estimate of drug-likeness (QED) is 0.151. The van der Waals surface area contributed by atoms with Gasteiger partial charge in [0.1, 0.15) is 12.2 Å². The third-order valence-electron chi connectivity index (χ3n) is 8.95. The van der Waals surface area contributed by atoms with Gasteiger partial charge in [0.15, 0.2) is 0 Å². The van der Waals surface area contributed by atoms with Gasteiger partial charge in [0.2, 0.25) is 0 Å². The van der Waals surface area contributed by atoms with Crippen molar-refractivity contribution in [1.29, 1.82) is 0 Å². The van der Waals surface area contributed by atoms with Crippen molar-refractivity contribution < 1.29 is 18.7 Å². The molecule has 5 aromatic rings. The zero-order valence-corrected chi connectivity index (χ0v) is 30.1. The van der Waals surface area contributed by atoms with Gasteiger partial charge in [-0.3, -0.25) is 9.59 Å². The number of hydrogen-bond acceptors (Lipinski definition) is 7. The van der Waals surface area contributed by atoms with Gasteiger partial charge in [-0.1, -0.05) is 130 Å². The van der Waals surface area contributed by atoms with Crippen molar-refractivity contribution in [2.24, 2.45) is 0 Å². The first-order valence-electron chi connectivity index (χ1n) is 16.6. The molecule has 252 valence electrons. The van der Waals surface area contributed by atoms with E-state index in [1.165, 1.54) is 16.6 Å². The van der Waals surface area contributed by atoms with E-state index in [0.717, 1.165) is 10.1 Å². The molecule has 1 fully saturated rings. The molecule has 0 spiro atoms. The molecular formula is C40H42N2O5SSi. The number of ether oxygens (including phenoxy) is 2. The lowest BCUT2D eigenvalue weighted by atomic mass is 10.1. The van der Waals surface area contributed by atoms with Crippen molar-refractivity contribution in [3.63, 3.8) is 0 Å². The summed E-state index contributed by atoms with van der Waals surface area (Å²) in [5.74, 6) is 0.0769. The normalized spacial score (nSPS) is 17.9. The fourth-order valence-corrected chi connectivity index (χ4v) is 12.5. The second kappa shape index (κ2) is 15.1. The number of benzene rings is 4. The molecule has 7 nitrogen and oxygen atoms in total. The second-order valence-electron chi connectivity index (χ2n) is 13.3. The molecule has 4 aromatic carbocycles. The van der Waals surface area contributed by atoms with Gasteiger partial charge in [0, 0.05) is 29.7 Å². The van der Waals surface area contributed by atoms with Crippen LogP contribution in [0, 0.1) is 6.92 Å². The fraction of sp³-hybridized carbons (Fsp3) is 0.275. The first kappa shape index (κ1) is 34.6. The molecule has 1 aliphatic rings. The maximum Gasteiger partial charge on any atom is 0.306 e. The van der Waals surface area contributed by atoms with E-state index in [-0.39, 0.29) is 16.3 Å². The molecule has 1 saturated heterocycles. The van der Waals surface area contributed by atoms with Gasteiger partial charge in [-0.25, -0.2) is 4.98 Å². The summed E-state index contributed by atoms with van der Waals surface area (Å²) in [5, 5.41) is 2.14. The summed E-state index contributed by atoms with van der Waals surface area (Å²) >= 11 is 1.72. The van der Waals surface area contributed by atoms with Crippen LogP contribution in [0.15, 0.2) is 132 Å². The maximum atomic E-state index is 13.6. The van der Waals surface area contributed by atoms with Gasteiger partial charge in [0.25, 0.3) is 19.8 Å². The Bertz CT molecular complexity index is 1860. The van der Waals surface area contributed by atoms with Crippen LogP contribution in [0.2, 0.25) is 5.04 Å². The van der Waals surface area contributed by atoms with Crippen molar-refractivity contribution >= 4 is 36.4 Å². The predicted octanol–water partition coefficient (Wildman–Crippen LogP) is 6.27. The minimum absolute atomic E-state index is 0.0445. The van der Waals surface area contributed by atoms with Crippen molar-refractivity contribution in [2.45, 2.75) is 56.8 Å². The van der Waals surface area contributed by atoms with Crippen LogP contribution < -0.4 is 20.7 Å². The largest absolute Gasteiger partial charge is 0.457 e. The highest BCUT2D eigenvalue weighted by Crippen LogP contribution is 2.39. The van der Waals surface area contributed by atoms with Gasteiger partial charge in [0.05, 0.1) is 11.9 Å². The number of aromatic nitrogens is 2. The van der Waals surface area contributed by atoms with E-state index in [1.807, 2.05) is 48.5 Å². The van der Waals surface area contributed by atoms with Crippen LogP contribution in [0.5, 0.6) is 6.01 Å². The number of rotatable bonds is 11. The van der Waals surface area contributed by atoms with Gasteiger partial charge in [-0.05, 0) is 40.0 Å². The monoisotopic (exact) mass is 690 g/mol. The van der Waals surface area contributed by atoms with Crippen molar-refractivity contribution in [1.82, 2.24) is 9.55 Å². The standard InChI is InChI=1S/C40H42N2O5SSi/c1-29-25-41-39(42(37(29)43)38(44)31-19-11-6-12-20-31)47-34-28-48-35(36(34)45-26-30-17-9-5-10-18-30)27-46-49(40(2,3)4,32-21-13-7-14-22-32)33-23-15-8-16-24-33/h5-25,34-36H,26-28H2,1-4H3/t34-,35-,36+/m1/s1. The Morgan fingerprint density at radius 1 is 0.857 bits per heavy atom. The molecule has 0 unspecified atom stereocenters. The molecule has 1 aromatic heterocycles. The van der Waals surface area contributed by atoms with Gasteiger partial charge >= 0.3 is 6.01 Å². The van der Waals surface area contributed by atoms with E-state index >= 15 is 0 Å². The summed E-state index contributed by atoms with van der Waals surface area (Å²) in [4.78, 5) is 31.5. The molecule has 0 aliphatic carbocycles. The third kappa shape index (κ3) is 7.35. The number of nitrogens with zero attached hydrogens (tertiary/aromatic N) is 2. The Morgan fingerprint density at radius 3 is 1.98 bits per heavy atom. The molecule has 0 bridgehead atoms. The summed E-state index contributed by atoms with van der Waals surface area (Å²) < 4.78 is 21.6. The molecule has 9 heteroatoms. The molecule has 1 aliphatic heterocycles. The number of hydrogen-bond donors (Lipinski definition) is 0. The van der Waals surface area contributed by atoms with E-state index in [1.54, 1.807) is 43.0 Å². The van der Waals surface area contributed by atoms with Crippen molar-refractivity contribution in [2.75, 3.05) is 12.4 Å². The Kier molecular flexibility index (Phi) is 10.6. The minimum atomic E-state index is -2.82. The van der Waals surface area contributed by atoms with Gasteiger partial charge in [-0.15, -0.1) is 11.8 Å². The van der Waals surface area contributed by atoms with Crippen molar-refractivity contribution in [3.05, 3.63) is 155 Å². The highest BCUT2D eigenvalue weighted by atomic mass is 32.2. The van der Waals surface area contributed by atoms with Crippen LogP contribution >= 0.6 is 11.8 Å². The average Bonchev–Trinajstić information content (AvgIpc) is 3.51. The number of aryl methyl sites for hydroxylation is 1. The number of carbonyl (C=O) groups is 1. The summed E-state index contributed by atoms with van der Waals surface area (Å²) in [6, 6.07) is 39.9. The molecule has 3 atom stereocenters. The minimum Gasteiger partial charge on any atom is -0.457 e. The van der Waals surface area contributed by atoms with Crippen molar-refractivity contribution in [3.8, 4) is 6.01 Å². The van der Waals surface area contributed by atoms with E-state index in [4.69, 9.17) is 13.9 Å². The van der Waals surface area contributed by atoms with Gasteiger partial charge in [-0.2, -0.15) is 4.57 Å². The molecule has 49 heavy (non-hydrogen) atoms. The Morgan fingerprint density at radius 2 is 1.41 bits per heavy atom. The van der Waals surface area contributed by atoms with Crippen LogP contribution in [0.1, 0.15) is 42.3 Å². The maximum absolute atomic E-state index is 13.6. The first-order chi connectivity index (χ1) is 23.7. The summed E-state index contributed by atoms with van der Waals surface area (Å²) in [5.41, 5.74) is 1.30. The van der Waals surface area contributed by atoms with Crippen LogP contribution in [-0.2, 0) is 15.8 Å². The molecule has 0 N–H and O–H groups in total. The van der Waals surface area contributed by atoms with Crippen LogP contribution in [0.25, 0.3) is 0 Å². The molecule has 0 amide bonds. The molecule has 0 radical (unpaired) electrons. The average molecular weight is 691 g/mol. The Hall–Kier alpha value is -4.28. The van der Waals surface area contributed by atoms with Crippen LogP contribution in [-0.4, -0.2) is 53.6 Å². The lowest BCUT2D eigenvalue weighted by Crippen LogP contribution is -2.67. The highest BCUT2D eigenvalue weighted by molar-refractivity contribution is 8.00. The summed E-state index contributed by atoms with van der Waals surface area (Å²) in [6.07, 6.45) is 0.547. The number of carbonyl (C=O) groups excluding carboxylic acids is 1. The van der Waals surface area contributed by atoms with Crippen LogP contribution in [0.4, 0.5) is 0 Å².